The molecular formula is C17H27NO3. The maximum Gasteiger partial charge on any atom is 0.176 e. The highest BCUT2D eigenvalue weighted by Gasteiger charge is 2.07. The number of nitrogens with one attached hydrogen (secondary N) is 1. The van der Waals surface area contributed by atoms with Crippen LogP contribution in [0.2, 0.25) is 0 Å². The van der Waals surface area contributed by atoms with Gasteiger partial charge in [-0.05, 0) is 50.1 Å². The summed E-state index contributed by atoms with van der Waals surface area (Å²) >= 11 is 0. The lowest BCUT2D eigenvalue weighted by Gasteiger charge is -2.08. The van der Waals surface area contributed by atoms with Crippen LogP contribution in [0.15, 0.2) is 18.2 Å². The Hall–Kier alpha value is -1.39. The number of carbonyl (C=O) groups excluding carboxylic acids is 1. The number of methoxy groups -OCH3 is 1. The van der Waals surface area contributed by atoms with Gasteiger partial charge in [0.2, 0.25) is 0 Å². The second kappa shape index (κ2) is 10.4. The number of benzene rings is 1. The van der Waals surface area contributed by atoms with Crippen LogP contribution in [-0.4, -0.2) is 39.2 Å². The Morgan fingerprint density at radius 1 is 1.24 bits per heavy atom. The summed E-state index contributed by atoms with van der Waals surface area (Å²) in [5.74, 6) is 0.913. The van der Waals surface area contributed by atoms with E-state index >= 15 is 0 Å². The second-order valence-corrected chi connectivity index (χ2v) is 5.10. The third-order valence-corrected chi connectivity index (χ3v) is 3.29. The number of ketones is 1. The van der Waals surface area contributed by atoms with Crippen molar-refractivity contribution in [3.63, 3.8) is 0 Å². The van der Waals surface area contributed by atoms with Gasteiger partial charge in [0.05, 0.1) is 13.7 Å². The molecule has 0 heterocycles. The smallest absolute Gasteiger partial charge is 0.176 e. The molecule has 0 spiro atoms. The molecule has 1 N–H and O–H groups in total. The first kappa shape index (κ1) is 17.7. The molecule has 4 nitrogen and oxygen atoms in total. The zero-order valence-corrected chi connectivity index (χ0v) is 13.4. The second-order valence-electron chi connectivity index (χ2n) is 5.10. The van der Waals surface area contributed by atoms with E-state index < -0.39 is 0 Å². The normalized spacial score (nSPS) is 10.6. The van der Waals surface area contributed by atoms with Crippen molar-refractivity contribution in [2.24, 2.45) is 0 Å². The summed E-state index contributed by atoms with van der Waals surface area (Å²) in [6, 6.07) is 5.52. The minimum Gasteiger partial charge on any atom is -0.496 e. The fourth-order valence-electron chi connectivity index (χ4n) is 2.00. The molecule has 0 fully saturated rings. The van der Waals surface area contributed by atoms with Crippen molar-refractivity contribution in [1.29, 1.82) is 0 Å². The lowest BCUT2D eigenvalue weighted by molar-refractivity contribution is 0.0986. The standard InChI is InChI=1S/C17H27NO3/c1-4-5-10-21-11-6-9-18-13-16(19)15-7-8-17(20-3)14(2)12-15/h7-8,12,18H,4-6,9-11,13H2,1-3H3. The zero-order valence-electron chi connectivity index (χ0n) is 13.4. The van der Waals surface area contributed by atoms with E-state index in [9.17, 15) is 4.79 Å². The van der Waals surface area contributed by atoms with Gasteiger partial charge in [0.1, 0.15) is 5.75 Å². The number of rotatable bonds is 11. The molecular weight excluding hydrogens is 266 g/mol. The Bertz CT molecular complexity index is 432. The Morgan fingerprint density at radius 3 is 2.67 bits per heavy atom. The van der Waals surface area contributed by atoms with Gasteiger partial charge in [-0.15, -0.1) is 0 Å². The molecule has 0 saturated heterocycles. The van der Waals surface area contributed by atoms with Crippen molar-refractivity contribution in [2.75, 3.05) is 33.4 Å². The molecule has 118 valence electrons. The Labute approximate surface area is 127 Å². The van der Waals surface area contributed by atoms with Crippen LogP contribution in [0.1, 0.15) is 42.1 Å². The van der Waals surface area contributed by atoms with E-state index in [0.717, 1.165) is 55.9 Å². The van der Waals surface area contributed by atoms with E-state index in [2.05, 4.69) is 12.2 Å². The average Bonchev–Trinajstić information content (AvgIpc) is 2.49. The van der Waals surface area contributed by atoms with Gasteiger partial charge in [0.25, 0.3) is 0 Å². The first-order valence-corrected chi connectivity index (χ1v) is 7.65. The van der Waals surface area contributed by atoms with E-state index in [4.69, 9.17) is 9.47 Å². The lowest BCUT2D eigenvalue weighted by Crippen LogP contribution is -2.24. The highest BCUT2D eigenvalue weighted by atomic mass is 16.5. The van der Waals surface area contributed by atoms with Gasteiger partial charge in [0, 0.05) is 18.8 Å². The summed E-state index contributed by atoms with van der Waals surface area (Å²) in [6.45, 7) is 6.84. The summed E-state index contributed by atoms with van der Waals surface area (Å²) < 4.78 is 10.7. The average molecular weight is 293 g/mol. The maximum absolute atomic E-state index is 12.0. The summed E-state index contributed by atoms with van der Waals surface area (Å²) in [5.41, 5.74) is 1.70. The molecule has 1 aromatic carbocycles. The van der Waals surface area contributed by atoms with Crippen LogP contribution in [0.5, 0.6) is 5.75 Å². The molecule has 0 aliphatic heterocycles. The number of aryl methyl sites for hydroxylation is 1. The predicted octanol–water partition coefficient (Wildman–Crippen LogP) is 2.98. The fraction of sp³-hybridized carbons (Fsp3) is 0.588. The molecule has 0 aromatic heterocycles. The number of carbonyl (C=O) groups is 1. The van der Waals surface area contributed by atoms with Gasteiger partial charge < -0.3 is 14.8 Å². The fourth-order valence-corrected chi connectivity index (χ4v) is 2.00. The maximum atomic E-state index is 12.0. The molecule has 0 aliphatic carbocycles. The number of ether oxygens (including phenoxy) is 2. The van der Waals surface area contributed by atoms with Gasteiger partial charge in [-0.2, -0.15) is 0 Å². The van der Waals surface area contributed by atoms with Crippen molar-refractivity contribution < 1.29 is 14.3 Å². The van der Waals surface area contributed by atoms with Crippen molar-refractivity contribution in [3.8, 4) is 5.75 Å². The van der Waals surface area contributed by atoms with Crippen LogP contribution in [-0.2, 0) is 4.74 Å². The molecule has 0 aliphatic rings. The van der Waals surface area contributed by atoms with Gasteiger partial charge in [-0.25, -0.2) is 0 Å². The molecule has 0 atom stereocenters. The first-order valence-electron chi connectivity index (χ1n) is 7.65. The van der Waals surface area contributed by atoms with Crippen LogP contribution in [0, 0.1) is 6.92 Å². The molecule has 1 rings (SSSR count). The van der Waals surface area contributed by atoms with Crippen LogP contribution in [0.4, 0.5) is 0 Å². The molecule has 4 heteroatoms. The molecule has 21 heavy (non-hydrogen) atoms. The first-order chi connectivity index (χ1) is 10.2. The highest BCUT2D eigenvalue weighted by Crippen LogP contribution is 2.18. The third kappa shape index (κ3) is 6.74. The van der Waals surface area contributed by atoms with Gasteiger partial charge in [-0.3, -0.25) is 4.79 Å². The Kier molecular flexibility index (Phi) is 8.71. The quantitative estimate of drug-likeness (QED) is 0.503. The molecule has 0 radical (unpaired) electrons. The summed E-state index contributed by atoms with van der Waals surface area (Å²) in [5, 5.41) is 3.16. The van der Waals surface area contributed by atoms with Crippen molar-refractivity contribution in [2.45, 2.75) is 33.1 Å². The molecule has 0 amide bonds. The van der Waals surface area contributed by atoms with Crippen LogP contribution < -0.4 is 10.1 Å². The number of hydrogen-bond acceptors (Lipinski definition) is 4. The van der Waals surface area contributed by atoms with Gasteiger partial charge >= 0.3 is 0 Å². The molecule has 0 unspecified atom stereocenters. The molecule has 0 bridgehead atoms. The summed E-state index contributed by atoms with van der Waals surface area (Å²) in [7, 11) is 1.63. The van der Waals surface area contributed by atoms with Crippen molar-refractivity contribution in [3.05, 3.63) is 29.3 Å². The molecule has 1 aromatic rings. The van der Waals surface area contributed by atoms with E-state index in [1.807, 2.05) is 25.1 Å². The minimum atomic E-state index is 0.104. The summed E-state index contributed by atoms with van der Waals surface area (Å²) in [6.07, 6.45) is 3.20. The van der Waals surface area contributed by atoms with Crippen molar-refractivity contribution in [1.82, 2.24) is 5.32 Å². The minimum absolute atomic E-state index is 0.104. The van der Waals surface area contributed by atoms with Crippen LogP contribution in [0.3, 0.4) is 0 Å². The Morgan fingerprint density at radius 2 is 2.00 bits per heavy atom. The van der Waals surface area contributed by atoms with E-state index in [-0.39, 0.29) is 5.78 Å². The number of hydrogen-bond donors (Lipinski definition) is 1. The predicted molar refractivity (Wildman–Crippen MR) is 85.3 cm³/mol. The Balaban J connectivity index is 2.20. The largest absolute Gasteiger partial charge is 0.496 e. The van der Waals surface area contributed by atoms with Crippen molar-refractivity contribution >= 4 is 5.78 Å². The van der Waals surface area contributed by atoms with Crippen LogP contribution in [0.25, 0.3) is 0 Å². The monoisotopic (exact) mass is 293 g/mol. The zero-order chi connectivity index (χ0) is 15.5. The van der Waals surface area contributed by atoms with Crippen LogP contribution >= 0.6 is 0 Å². The topological polar surface area (TPSA) is 47.6 Å². The van der Waals surface area contributed by atoms with E-state index in [1.165, 1.54) is 0 Å². The lowest BCUT2D eigenvalue weighted by atomic mass is 10.1. The molecule has 0 saturated carbocycles. The SMILES string of the molecule is CCCCOCCCNCC(=O)c1ccc(OC)c(C)c1. The number of Topliss-reactive ketones (excluding diaryl/α,β-unsaturated/α-hetero) is 1. The van der Waals surface area contributed by atoms with Gasteiger partial charge in [-0.1, -0.05) is 13.3 Å². The van der Waals surface area contributed by atoms with Gasteiger partial charge in [0.15, 0.2) is 5.78 Å². The highest BCUT2D eigenvalue weighted by molar-refractivity contribution is 5.97. The summed E-state index contributed by atoms with van der Waals surface area (Å²) in [4.78, 5) is 12.0. The van der Waals surface area contributed by atoms with E-state index in [0.29, 0.717) is 6.54 Å². The number of unbranched alkanes of at least 4 members (excludes halogenated alkanes) is 1. The third-order valence-electron chi connectivity index (χ3n) is 3.29. The van der Waals surface area contributed by atoms with E-state index in [1.54, 1.807) is 7.11 Å².